The summed E-state index contributed by atoms with van der Waals surface area (Å²) < 4.78 is 10.7. The third-order valence-electron chi connectivity index (χ3n) is 4.48. The maximum absolute atomic E-state index is 13.5. The number of rotatable bonds is 10. The van der Waals surface area contributed by atoms with Crippen molar-refractivity contribution in [2.45, 2.75) is 64.8 Å². The van der Waals surface area contributed by atoms with Crippen LogP contribution in [0.5, 0.6) is 5.75 Å². The minimum Gasteiger partial charge on any atom is -0.497 e. The predicted octanol–water partition coefficient (Wildman–Crippen LogP) is 5.18. The van der Waals surface area contributed by atoms with Gasteiger partial charge >= 0.3 is 6.09 Å². The van der Waals surface area contributed by atoms with Crippen molar-refractivity contribution in [1.82, 2.24) is 10.2 Å². The fourth-order valence-electron chi connectivity index (χ4n) is 3.07. The molecule has 0 bridgehead atoms. The molecule has 0 aliphatic rings. The summed E-state index contributed by atoms with van der Waals surface area (Å²) in [6.45, 7) is 10.1. The second kappa shape index (κ2) is 11.7. The van der Waals surface area contributed by atoms with Gasteiger partial charge in [0.1, 0.15) is 17.4 Å². The van der Waals surface area contributed by atoms with Gasteiger partial charge in [0.25, 0.3) is 0 Å². The fraction of sp³-hybridized carbons (Fsp3) is 0.458. The highest BCUT2D eigenvalue weighted by atomic mass is 32.1. The molecule has 0 saturated carbocycles. The first-order chi connectivity index (χ1) is 14.7. The van der Waals surface area contributed by atoms with Gasteiger partial charge in [0.2, 0.25) is 5.91 Å². The minimum atomic E-state index is -0.679. The summed E-state index contributed by atoms with van der Waals surface area (Å²) in [6, 6.07) is 10.9. The summed E-state index contributed by atoms with van der Waals surface area (Å²) in [7, 11) is 1.62. The first-order valence-corrected chi connectivity index (χ1v) is 11.3. The maximum Gasteiger partial charge on any atom is 0.408 e. The van der Waals surface area contributed by atoms with E-state index in [2.05, 4.69) is 12.2 Å². The zero-order chi connectivity index (χ0) is 22.9. The molecule has 0 saturated heterocycles. The van der Waals surface area contributed by atoms with Gasteiger partial charge in [-0.15, -0.1) is 11.3 Å². The molecule has 1 radical (unpaired) electrons. The van der Waals surface area contributed by atoms with Gasteiger partial charge in [0.05, 0.1) is 13.7 Å². The standard InChI is InChI=1S/C24H33N2O4S/c1-6-7-13-21(25-23(28)30-24(2,3)4)22(27)26(17-20-12-9-14-31-20)16-18-10-8-11-19(15-18)29-5/h8-12,14-15,21H,1,6-7,13,16-17H2,2-5H3,(H,25,28)/t21-/m0/s1. The van der Waals surface area contributed by atoms with Crippen LogP contribution in [0.4, 0.5) is 4.79 Å². The van der Waals surface area contributed by atoms with E-state index in [0.717, 1.165) is 22.6 Å². The number of unbranched alkanes of at least 4 members (excludes halogenated alkanes) is 1. The second-order valence-corrected chi connectivity index (χ2v) is 9.35. The lowest BCUT2D eigenvalue weighted by molar-refractivity contribution is -0.135. The van der Waals surface area contributed by atoms with Crippen LogP contribution in [0.25, 0.3) is 0 Å². The summed E-state index contributed by atoms with van der Waals surface area (Å²) >= 11 is 1.60. The zero-order valence-electron chi connectivity index (χ0n) is 18.8. The molecule has 1 heterocycles. The SMILES string of the molecule is [CH2]CCC[C@H](NC(=O)OC(C)(C)C)C(=O)N(Cc1cccc(OC)c1)Cc1cccs1. The summed E-state index contributed by atoms with van der Waals surface area (Å²) in [6.07, 6.45) is 1.31. The van der Waals surface area contributed by atoms with Gasteiger partial charge < -0.3 is 19.7 Å². The third-order valence-corrected chi connectivity index (χ3v) is 5.34. The Hall–Kier alpha value is -2.54. The largest absolute Gasteiger partial charge is 0.497 e. The molecule has 0 aliphatic heterocycles. The predicted molar refractivity (Wildman–Crippen MR) is 124 cm³/mol. The van der Waals surface area contributed by atoms with E-state index in [-0.39, 0.29) is 5.91 Å². The third kappa shape index (κ3) is 8.61. The molecule has 0 unspecified atom stereocenters. The summed E-state index contributed by atoms with van der Waals surface area (Å²) in [5, 5.41) is 4.76. The van der Waals surface area contributed by atoms with Gasteiger partial charge in [-0.1, -0.05) is 38.0 Å². The Kier molecular flexibility index (Phi) is 9.37. The van der Waals surface area contributed by atoms with E-state index >= 15 is 0 Å². The van der Waals surface area contributed by atoms with E-state index < -0.39 is 17.7 Å². The monoisotopic (exact) mass is 445 g/mol. The van der Waals surface area contributed by atoms with Crippen molar-refractivity contribution in [3.05, 3.63) is 59.1 Å². The van der Waals surface area contributed by atoms with Crippen molar-refractivity contribution in [2.24, 2.45) is 0 Å². The average molecular weight is 446 g/mol. The fourth-order valence-corrected chi connectivity index (χ4v) is 3.79. The Balaban J connectivity index is 2.23. The number of methoxy groups -OCH3 is 1. The van der Waals surface area contributed by atoms with Crippen LogP contribution >= 0.6 is 11.3 Å². The molecule has 1 aromatic carbocycles. The lowest BCUT2D eigenvalue weighted by atomic mass is 10.1. The van der Waals surface area contributed by atoms with Crippen LogP contribution in [0.1, 0.15) is 50.5 Å². The van der Waals surface area contributed by atoms with Crippen LogP contribution in [-0.4, -0.2) is 35.7 Å². The number of carbonyl (C=O) groups excluding carboxylic acids is 2. The van der Waals surface area contributed by atoms with E-state index in [4.69, 9.17) is 9.47 Å². The van der Waals surface area contributed by atoms with Crippen LogP contribution in [-0.2, 0) is 22.6 Å². The number of ether oxygens (including phenoxy) is 2. The lowest BCUT2D eigenvalue weighted by Crippen LogP contribution is -2.49. The van der Waals surface area contributed by atoms with Gasteiger partial charge in [-0.2, -0.15) is 0 Å². The highest BCUT2D eigenvalue weighted by Gasteiger charge is 2.28. The van der Waals surface area contributed by atoms with Crippen LogP contribution in [0.15, 0.2) is 41.8 Å². The van der Waals surface area contributed by atoms with E-state index in [1.54, 1.807) is 44.1 Å². The van der Waals surface area contributed by atoms with E-state index in [0.29, 0.717) is 25.9 Å². The molecular formula is C24H33N2O4S. The zero-order valence-corrected chi connectivity index (χ0v) is 19.7. The van der Waals surface area contributed by atoms with Crippen molar-refractivity contribution >= 4 is 23.3 Å². The van der Waals surface area contributed by atoms with E-state index in [9.17, 15) is 9.59 Å². The maximum atomic E-state index is 13.5. The van der Waals surface area contributed by atoms with Gasteiger partial charge in [0.15, 0.2) is 0 Å². The van der Waals surface area contributed by atoms with E-state index in [1.807, 2.05) is 41.8 Å². The molecule has 2 aromatic rings. The first kappa shape index (κ1) is 24.7. The molecular weight excluding hydrogens is 412 g/mol. The van der Waals surface area contributed by atoms with Crippen LogP contribution < -0.4 is 10.1 Å². The Morgan fingerprint density at radius 2 is 1.97 bits per heavy atom. The number of hydrogen-bond donors (Lipinski definition) is 1. The van der Waals surface area contributed by atoms with Crippen molar-refractivity contribution in [3.8, 4) is 5.75 Å². The Bertz CT molecular complexity index is 830. The molecule has 0 fully saturated rings. The number of benzene rings is 1. The number of alkyl carbamates (subject to hydrolysis) is 1. The van der Waals surface area contributed by atoms with Crippen LogP contribution in [0.3, 0.4) is 0 Å². The van der Waals surface area contributed by atoms with Crippen LogP contribution in [0.2, 0.25) is 0 Å². The number of carbonyl (C=O) groups is 2. The Morgan fingerprint density at radius 1 is 1.19 bits per heavy atom. The lowest BCUT2D eigenvalue weighted by Gasteiger charge is -2.29. The first-order valence-electron chi connectivity index (χ1n) is 10.4. The Labute approximate surface area is 189 Å². The van der Waals surface area contributed by atoms with Gasteiger partial charge in [-0.3, -0.25) is 4.79 Å². The molecule has 1 atom stereocenters. The molecule has 7 heteroatoms. The summed E-state index contributed by atoms with van der Waals surface area (Å²) in [4.78, 5) is 28.8. The Morgan fingerprint density at radius 3 is 2.58 bits per heavy atom. The smallest absolute Gasteiger partial charge is 0.408 e. The average Bonchev–Trinajstić information content (AvgIpc) is 3.22. The van der Waals surface area contributed by atoms with Crippen molar-refractivity contribution in [1.29, 1.82) is 0 Å². The quantitative estimate of drug-likeness (QED) is 0.547. The molecule has 169 valence electrons. The van der Waals surface area contributed by atoms with Crippen LogP contribution in [0, 0.1) is 6.92 Å². The summed E-state index contributed by atoms with van der Waals surface area (Å²) in [5.41, 5.74) is 0.318. The molecule has 2 amide bonds. The van der Waals surface area contributed by atoms with Gasteiger partial charge in [-0.25, -0.2) is 4.79 Å². The number of nitrogens with zero attached hydrogens (tertiary/aromatic N) is 1. The number of thiophene rings is 1. The highest BCUT2D eigenvalue weighted by molar-refractivity contribution is 7.09. The highest BCUT2D eigenvalue weighted by Crippen LogP contribution is 2.20. The normalized spacial score (nSPS) is 12.2. The number of amides is 2. The van der Waals surface area contributed by atoms with Crippen molar-refractivity contribution in [2.75, 3.05) is 7.11 Å². The molecule has 2 rings (SSSR count). The second-order valence-electron chi connectivity index (χ2n) is 8.32. The van der Waals surface area contributed by atoms with Gasteiger partial charge in [0, 0.05) is 11.4 Å². The minimum absolute atomic E-state index is 0.143. The molecule has 0 spiro atoms. The molecule has 31 heavy (non-hydrogen) atoms. The van der Waals surface area contributed by atoms with E-state index in [1.165, 1.54) is 0 Å². The number of nitrogens with one attached hydrogen (secondary N) is 1. The van der Waals surface area contributed by atoms with Gasteiger partial charge in [-0.05, 0) is 56.3 Å². The van der Waals surface area contributed by atoms with Crippen molar-refractivity contribution in [3.63, 3.8) is 0 Å². The molecule has 1 N–H and O–H groups in total. The summed E-state index contributed by atoms with van der Waals surface area (Å²) in [5.74, 6) is 0.594. The van der Waals surface area contributed by atoms with Crippen molar-refractivity contribution < 1.29 is 19.1 Å². The molecule has 6 nitrogen and oxygen atoms in total. The topological polar surface area (TPSA) is 67.9 Å². The molecule has 1 aromatic heterocycles. The molecule has 0 aliphatic carbocycles. The number of hydrogen-bond acceptors (Lipinski definition) is 5.